The molecular weight excluding hydrogens is 654 g/mol. The Balaban J connectivity index is 1.59. The van der Waals surface area contributed by atoms with Crippen LogP contribution in [0.4, 0.5) is 9.59 Å². The first-order chi connectivity index (χ1) is 23.8. The van der Waals surface area contributed by atoms with Gasteiger partial charge in [-0.1, -0.05) is 25.7 Å². The van der Waals surface area contributed by atoms with E-state index in [9.17, 15) is 19.2 Å². The molecule has 3 amide bonds. The molecule has 2 saturated heterocycles. The van der Waals surface area contributed by atoms with E-state index in [0.29, 0.717) is 45.5 Å². The van der Waals surface area contributed by atoms with E-state index in [1.54, 1.807) is 41.5 Å². The van der Waals surface area contributed by atoms with Crippen LogP contribution in [0.25, 0.3) is 0 Å². The Labute approximate surface area is 306 Å². The number of esters is 1. The summed E-state index contributed by atoms with van der Waals surface area (Å²) >= 11 is 0. The molecule has 0 aromatic rings. The third-order valence-corrected chi connectivity index (χ3v) is 9.04. The lowest BCUT2D eigenvalue weighted by Gasteiger charge is -2.39. The molecule has 2 atom stereocenters. The van der Waals surface area contributed by atoms with E-state index in [4.69, 9.17) is 18.9 Å². The van der Waals surface area contributed by atoms with Gasteiger partial charge in [-0.05, 0) is 114 Å². The number of likely N-dealkylation sites (tertiary alicyclic amines) is 2. The molecule has 51 heavy (non-hydrogen) atoms. The van der Waals surface area contributed by atoms with Gasteiger partial charge in [-0.15, -0.1) is 4.99 Å². The molecule has 2 heterocycles. The number of nitrogens with zero attached hydrogens (tertiary/aromatic N) is 3. The minimum absolute atomic E-state index is 0.0163. The van der Waals surface area contributed by atoms with Gasteiger partial charge in [0.15, 0.2) is 0 Å². The molecule has 1 aliphatic carbocycles. The number of ether oxygens (including phenoxy) is 4. The Morgan fingerprint density at radius 1 is 0.725 bits per heavy atom. The van der Waals surface area contributed by atoms with Gasteiger partial charge in [0.05, 0.1) is 18.6 Å². The van der Waals surface area contributed by atoms with Crippen molar-refractivity contribution >= 4 is 30.0 Å². The van der Waals surface area contributed by atoms with Crippen molar-refractivity contribution in [3.63, 3.8) is 0 Å². The van der Waals surface area contributed by atoms with E-state index in [1.165, 1.54) is 12.8 Å². The molecule has 2 aliphatic heterocycles. The molecule has 1 saturated carbocycles. The highest BCUT2D eigenvalue weighted by molar-refractivity contribution is 5.99. The van der Waals surface area contributed by atoms with E-state index in [2.05, 4.69) is 15.6 Å². The lowest BCUT2D eigenvalue weighted by Crippen LogP contribution is -2.55. The summed E-state index contributed by atoms with van der Waals surface area (Å²) < 4.78 is 22.8. The van der Waals surface area contributed by atoms with Crippen LogP contribution in [0.5, 0.6) is 0 Å². The van der Waals surface area contributed by atoms with Crippen LogP contribution in [0, 0.1) is 0 Å². The summed E-state index contributed by atoms with van der Waals surface area (Å²) in [7, 11) is 0. The van der Waals surface area contributed by atoms with Crippen molar-refractivity contribution in [3.8, 4) is 0 Å². The van der Waals surface area contributed by atoms with Gasteiger partial charge in [-0.25, -0.2) is 9.59 Å². The number of amides is 3. The summed E-state index contributed by atoms with van der Waals surface area (Å²) in [5, 5.41) is 6.23. The summed E-state index contributed by atoms with van der Waals surface area (Å²) in [6, 6.07) is -0.357. The van der Waals surface area contributed by atoms with Crippen LogP contribution in [0.2, 0.25) is 0 Å². The zero-order chi connectivity index (χ0) is 37.8. The highest BCUT2D eigenvalue weighted by atomic mass is 16.6. The predicted octanol–water partition coefficient (Wildman–Crippen LogP) is 6.47. The number of rotatable bonds is 9. The first kappa shape index (κ1) is 42.5. The van der Waals surface area contributed by atoms with Gasteiger partial charge in [0, 0.05) is 38.3 Å². The standard InChI is InChI=1S/C38H67N5O8/c1-36(2,3)49-31(44)26-30(39-27-16-12-10-11-13-17-27)32(45)43-22-15-14-18-28(43)21-25-48-29-19-23-42(24-20-29)33(40-34(46)50-37(4,5)6)41-35(47)51-38(7,8)9/h27-30,39H,10-26H2,1-9H3,(H,40,41,46,47)/t28-,30+/m1/s1. The Morgan fingerprint density at radius 3 is 1.90 bits per heavy atom. The number of hydrogen-bond donors (Lipinski definition) is 2. The molecule has 13 heteroatoms. The van der Waals surface area contributed by atoms with Crippen LogP contribution >= 0.6 is 0 Å². The fourth-order valence-electron chi connectivity index (χ4n) is 6.84. The Morgan fingerprint density at radius 2 is 1.31 bits per heavy atom. The van der Waals surface area contributed by atoms with Crippen LogP contribution in [0.1, 0.15) is 146 Å². The number of nitrogens with one attached hydrogen (secondary N) is 2. The van der Waals surface area contributed by atoms with E-state index in [0.717, 1.165) is 44.9 Å². The average Bonchev–Trinajstić information content (AvgIpc) is 3.26. The predicted molar refractivity (Wildman–Crippen MR) is 196 cm³/mol. The maximum absolute atomic E-state index is 14.2. The van der Waals surface area contributed by atoms with E-state index in [1.807, 2.05) is 30.6 Å². The molecule has 13 nitrogen and oxygen atoms in total. The van der Waals surface area contributed by atoms with E-state index in [-0.39, 0.29) is 42.4 Å². The van der Waals surface area contributed by atoms with Gasteiger partial charge in [0.1, 0.15) is 16.8 Å². The second-order valence-electron chi connectivity index (χ2n) is 17.3. The monoisotopic (exact) mass is 721 g/mol. The number of hydrogen-bond acceptors (Lipinski definition) is 9. The van der Waals surface area contributed by atoms with Gasteiger partial charge in [0.25, 0.3) is 0 Å². The molecule has 3 rings (SSSR count). The molecule has 0 spiro atoms. The second-order valence-corrected chi connectivity index (χ2v) is 17.3. The number of guanidine groups is 1. The van der Waals surface area contributed by atoms with Crippen molar-refractivity contribution in [2.24, 2.45) is 4.99 Å². The van der Waals surface area contributed by atoms with Crippen LogP contribution in [-0.2, 0) is 28.5 Å². The fourth-order valence-corrected chi connectivity index (χ4v) is 6.84. The summed E-state index contributed by atoms with van der Waals surface area (Å²) in [5.41, 5.74) is -2.07. The summed E-state index contributed by atoms with van der Waals surface area (Å²) in [4.78, 5) is 60.2. The highest BCUT2D eigenvalue weighted by Gasteiger charge is 2.35. The van der Waals surface area contributed by atoms with Crippen molar-refractivity contribution in [3.05, 3.63) is 0 Å². The SMILES string of the molecule is CC(C)(C)OC(=O)C[C@H](NC1CCCCCC1)C(=O)N1CCCC[C@@H]1CCOC1CCN(C(=NC(=O)OC(C)(C)C)NC(=O)OC(C)(C)C)CC1. The highest BCUT2D eigenvalue weighted by Crippen LogP contribution is 2.25. The van der Waals surface area contributed by atoms with Crippen molar-refractivity contribution < 1.29 is 38.1 Å². The largest absolute Gasteiger partial charge is 0.460 e. The first-order valence-electron chi connectivity index (χ1n) is 19.2. The number of carbonyl (C=O) groups is 4. The normalized spacial score (nSPS) is 21.0. The molecule has 3 aliphatic rings. The van der Waals surface area contributed by atoms with Gasteiger partial charge in [0.2, 0.25) is 11.9 Å². The van der Waals surface area contributed by atoms with Gasteiger partial charge < -0.3 is 34.1 Å². The summed E-state index contributed by atoms with van der Waals surface area (Å²) in [5.74, 6) is -0.282. The zero-order valence-corrected chi connectivity index (χ0v) is 32.9. The number of carbonyl (C=O) groups excluding carboxylic acids is 4. The van der Waals surface area contributed by atoms with Crippen LogP contribution in [-0.4, -0.2) is 107 Å². The van der Waals surface area contributed by atoms with Gasteiger partial charge >= 0.3 is 18.2 Å². The maximum atomic E-state index is 14.2. The second kappa shape index (κ2) is 19.2. The van der Waals surface area contributed by atoms with Crippen molar-refractivity contribution in [2.75, 3.05) is 26.2 Å². The molecule has 0 bridgehead atoms. The number of piperidine rings is 2. The molecule has 3 fully saturated rings. The minimum atomic E-state index is -0.795. The molecule has 0 aromatic heterocycles. The maximum Gasteiger partial charge on any atom is 0.437 e. The third kappa shape index (κ3) is 16.5. The first-order valence-corrected chi connectivity index (χ1v) is 19.2. The lowest BCUT2D eigenvalue weighted by molar-refractivity contribution is -0.158. The molecule has 0 radical (unpaired) electrons. The van der Waals surface area contributed by atoms with E-state index < -0.39 is 35.0 Å². The van der Waals surface area contributed by atoms with Gasteiger partial charge in [-0.3, -0.25) is 14.9 Å². The Hall–Kier alpha value is -2.93. The average molecular weight is 722 g/mol. The van der Waals surface area contributed by atoms with Crippen molar-refractivity contribution in [2.45, 2.75) is 187 Å². The van der Waals surface area contributed by atoms with Gasteiger partial charge in [-0.2, -0.15) is 0 Å². The Bertz CT molecular complexity index is 1170. The molecular formula is C38H67N5O8. The van der Waals surface area contributed by atoms with E-state index >= 15 is 0 Å². The summed E-state index contributed by atoms with van der Waals surface area (Å²) in [6.07, 6.45) is 10.1. The van der Waals surface area contributed by atoms with Crippen molar-refractivity contribution in [1.29, 1.82) is 0 Å². The quantitative estimate of drug-likeness (QED) is 0.0893. The zero-order valence-electron chi connectivity index (χ0n) is 32.9. The third-order valence-electron chi connectivity index (χ3n) is 9.04. The van der Waals surface area contributed by atoms with Crippen LogP contribution in [0.3, 0.4) is 0 Å². The number of aliphatic imine (C=N–C) groups is 1. The lowest BCUT2D eigenvalue weighted by atomic mass is 9.97. The van der Waals surface area contributed by atoms with Crippen LogP contribution in [0.15, 0.2) is 4.99 Å². The Kier molecular flexibility index (Phi) is 16.0. The smallest absolute Gasteiger partial charge is 0.437 e. The fraction of sp³-hybridized carbons (Fsp3) is 0.868. The molecule has 0 aromatic carbocycles. The summed E-state index contributed by atoms with van der Waals surface area (Å²) in [6.45, 7) is 18.3. The number of alkyl carbamates (subject to hydrolysis) is 1. The minimum Gasteiger partial charge on any atom is -0.460 e. The van der Waals surface area contributed by atoms with Crippen LogP contribution < -0.4 is 10.6 Å². The molecule has 292 valence electrons. The topological polar surface area (TPSA) is 148 Å². The molecule has 2 N–H and O–H groups in total. The molecule has 0 unspecified atom stereocenters. The van der Waals surface area contributed by atoms with Crippen molar-refractivity contribution in [1.82, 2.24) is 20.4 Å².